The Kier molecular flexibility index (Phi) is 11.9. The van der Waals surface area contributed by atoms with Gasteiger partial charge in [-0.3, -0.25) is 4.99 Å². The van der Waals surface area contributed by atoms with Gasteiger partial charge in [-0.15, -0.1) is 24.0 Å². The van der Waals surface area contributed by atoms with Crippen LogP contribution in [0, 0.1) is 0 Å². The molecule has 6 nitrogen and oxygen atoms in total. The van der Waals surface area contributed by atoms with Gasteiger partial charge in [-0.1, -0.05) is 18.2 Å². The maximum atomic E-state index is 5.57. The average molecular weight is 518 g/mol. The highest BCUT2D eigenvalue weighted by Crippen LogP contribution is 2.28. The summed E-state index contributed by atoms with van der Waals surface area (Å²) in [5.41, 5.74) is 1.17. The number of nitrogens with zero attached hydrogens (tertiary/aromatic N) is 3. The summed E-state index contributed by atoms with van der Waals surface area (Å²) < 4.78 is 5.57. The first-order chi connectivity index (χ1) is 13.5. The van der Waals surface area contributed by atoms with E-state index in [4.69, 9.17) is 9.73 Å². The van der Waals surface area contributed by atoms with Crippen LogP contribution in [-0.4, -0.2) is 75.2 Å². The van der Waals surface area contributed by atoms with E-state index in [1.54, 1.807) is 7.11 Å². The summed E-state index contributed by atoms with van der Waals surface area (Å²) >= 11 is 0. The highest BCUT2D eigenvalue weighted by molar-refractivity contribution is 14.0. The van der Waals surface area contributed by atoms with Crippen LogP contribution >= 0.6 is 24.0 Å². The van der Waals surface area contributed by atoms with E-state index in [0.29, 0.717) is 18.6 Å². The minimum absolute atomic E-state index is 0. The quantitative estimate of drug-likeness (QED) is 0.315. The number of piperidine rings is 1. The fourth-order valence-electron chi connectivity index (χ4n) is 3.73. The van der Waals surface area contributed by atoms with E-state index in [9.17, 15) is 0 Å². The van der Waals surface area contributed by atoms with Gasteiger partial charge in [0.05, 0.1) is 19.7 Å². The molecule has 0 aromatic heterocycles. The summed E-state index contributed by atoms with van der Waals surface area (Å²) in [5.74, 6) is 1.82. The van der Waals surface area contributed by atoms with Crippen molar-refractivity contribution in [3.63, 3.8) is 0 Å². The van der Waals surface area contributed by atoms with E-state index < -0.39 is 0 Å². The fraction of sp³-hybridized carbons (Fsp3) is 0.682. The first kappa shape index (κ1) is 26.0. The van der Waals surface area contributed by atoms with Crippen LogP contribution in [0.5, 0.6) is 5.75 Å². The molecule has 1 aromatic rings. The lowest BCUT2D eigenvalue weighted by molar-refractivity contribution is 0.167. The lowest BCUT2D eigenvalue weighted by Crippen LogP contribution is -2.50. The van der Waals surface area contributed by atoms with Crippen molar-refractivity contribution in [1.29, 1.82) is 0 Å². The molecule has 1 heterocycles. The first-order valence-electron chi connectivity index (χ1n) is 10.5. The van der Waals surface area contributed by atoms with Gasteiger partial charge < -0.3 is 25.2 Å². The van der Waals surface area contributed by atoms with Gasteiger partial charge in [0, 0.05) is 37.3 Å². The summed E-state index contributed by atoms with van der Waals surface area (Å²) in [7, 11) is 5.91. The van der Waals surface area contributed by atoms with Gasteiger partial charge >= 0.3 is 0 Å². The molecular formula is C22H40IN5O. The number of ether oxygens (including phenoxy) is 1. The molecule has 1 unspecified atom stereocenters. The number of likely N-dealkylation sites (tertiary alicyclic amines) is 1. The Morgan fingerprint density at radius 2 is 1.90 bits per heavy atom. The Morgan fingerprint density at radius 1 is 1.24 bits per heavy atom. The van der Waals surface area contributed by atoms with Crippen molar-refractivity contribution in [2.45, 2.75) is 51.7 Å². The molecule has 0 saturated carbocycles. The van der Waals surface area contributed by atoms with Crippen molar-refractivity contribution in [2.75, 3.05) is 47.4 Å². The second-order valence-corrected chi connectivity index (χ2v) is 7.99. The van der Waals surface area contributed by atoms with Gasteiger partial charge in [-0.2, -0.15) is 0 Å². The molecule has 166 valence electrons. The number of rotatable bonds is 8. The molecule has 0 amide bonds. The number of guanidine groups is 1. The monoisotopic (exact) mass is 517 g/mol. The van der Waals surface area contributed by atoms with Crippen LogP contribution in [0.1, 0.15) is 45.2 Å². The summed E-state index contributed by atoms with van der Waals surface area (Å²) in [6, 6.07) is 9.48. The Labute approximate surface area is 194 Å². The molecule has 1 saturated heterocycles. The van der Waals surface area contributed by atoms with E-state index in [1.165, 1.54) is 5.56 Å². The Hall–Kier alpha value is -1.06. The Morgan fingerprint density at radius 3 is 2.45 bits per heavy atom. The number of aliphatic imine (C=N–C) groups is 1. The van der Waals surface area contributed by atoms with E-state index >= 15 is 0 Å². The Balaban J connectivity index is 0.00000420. The third-order valence-electron chi connectivity index (χ3n) is 5.49. The molecule has 0 radical (unpaired) electrons. The van der Waals surface area contributed by atoms with Crippen LogP contribution in [0.15, 0.2) is 29.3 Å². The first-order valence-corrected chi connectivity index (χ1v) is 10.5. The third-order valence-corrected chi connectivity index (χ3v) is 5.49. The van der Waals surface area contributed by atoms with E-state index in [1.807, 2.05) is 12.1 Å². The van der Waals surface area contributed by atoms with E-state index in [2.05, 4.69) is 67.4 Å². The van der Waals surface area contributed by atoms with Crippen LogP contribution in [0.25, 0.3) is 0 Å². The van der Waals surface area contributed by atoms with Crippen molar-refractivity contribution in [1.82, 2.24) is 20.4 Å². The SMILES string of the molecule is CCNC(=NCC(c1ccccc1OC)N(C)C)NC1CCN(C(C)C)CC1.I. The molecule has 2 N–H and O–H groups in total. The molecule has 1 aliphatic rings. The summed E-state index contributed by atoms with van der Waals surface area (Å²) in [5, 5.41) is 7.07. The topological polar surface area (TPSA) is 52.1 Å². The second-order valence-electron chi connectivity index (χ2n) is 7.99. The van der Waals surface area contributed by atoms with E-state index in [-0.39, 0.29) is 30.0 Å². The van der Waals surface area contributed by atoms with Gasteiger partial charge in [-0.05, 0) is 53.8 Å². The molecule has 7 heteroatoms. The Bertz CT molecular complexity index is 615. The number of benzene rings is 1. The smallest absolute Gasteiger partial charge is 0.191 e. The molecule has 0 spiro atoms. The maximum Gasteiger partial charge on any atom is 0.191 e. The zero-order valence-electron chi connectivity index (χ0n) is 18.9. The lowest BCUT2D eigenvalue weighted by Gasteiger charge is -2.35. The zero-order chi connectivity index (χ0) is 20.5. The summed E-state index contributed by atoms with van der Waals surface area (Å²) in [6.07, 6.45) is 2.32. The summed E-state index contributed by atoms with van der Waals surface area (Å²) in [4.78, 5) is 9.67. The van der Waals surface area contributed by atoms with Gasteiger partial charge in [0.1, 0.15) is 5.75 Å². The minimum Gasteiger partial charge on any atom is -0.496 e. The molecule has 2 rings (SSSR count). The molecule has 1 atom stereocenters. The number of halogens is 1. The molecule has 1 aromatic carbocycles. The van der Waals surface area contributed by atoms with Crippen LogP contribution < -0.4 is 15.4 Å². The number of hydrogen-bond acceptors (Lipinski definition) is 4. The lowest BCUT2D eigenvalue weighted by atomic mass is 10.0. The van der Waals surface area contributed by atoms with Gasteiger partial charge in [0.2, 0.25) is 0 Å². The predicted molar refractivity (Wildman–Crippen MR) is 134 cm³/mol. The third kappa shape index (κ3) is 7.94. The van der Waals surface area contributed by atoms with E-state index in [0.717, 1.165) is 44.2 Å². The zero-order valence-corrected chi connectivity index (χ0v) is 21.3. The largest absolute Gasteiger partial charge is 0.496 e. The van der Waals surface area contributed by atoms with Gasteiger partial charge in [-0.25, -0.2) is 0 Å². The number of nitrogens with one attached hydrogen (secondary N) is 2. The van der Waals surface area contributed by atoms with Crippen molar-refractivity contribution >= 4 is 29.9 Å². The number of para-hydroxylation sites is 1. The fourth-order valence-corrected chi connectivity index (χ4v) is 3.73. The maximum absolute atomic E-state index is 5.57. The van der Waals surface area contributed by atoms with Crippen LogP contribution in [0.4, 0.5) is 0 Å². The normalized spacial score (nSPS) is 17.2. The number of likely N-dealkylation sites (N-methyl/N-ethyl adjacent to an activating group) is 1. The van der Waals surface area contributed by atoms with Gasteiger partial charge in [0.25, 0.3) is 0 Å². The second kappa shape index (κ2) is 13.3. The molecule has 1 fully saturated rings. The standard InChI is InChI=1S/C22H39N5O.HI/c1-7-23-22(25-18-12-14-27(15-13-18)17(2)3)24-16-20(26(4)5)19-10-8-9-11-21(19)28-6;/h8-11,17-18,20H,7,12-16H2,1-6H3,(H2,23,24,25);1H. The minimum atomic E-state index is 0. The predicted octanol–water partition coefficient (Wildman–Crippen LogP) is 3.34. The van der Waals surface area contributed by atoms with Crippen molar-refractivity contribution < 1.29 is 4.74 Å². The highest BCUT2D eigenvalue weighted by atomic mass is 127. The summed E-state index contributed by atoms with van der Waals surface area (Å²) in [6.45, 7) is 10.5. The van der Waals surface area contributed by atoms with Crippen LogP contribution in [-0.2, 0) is 0 Å². The number of hydrogen-bond donors (Lipinski definition) is 2. The van der Waals surface area contributed by atoms with Crippen LogP contribution in [0.3, 0.4) is 0 Å². The number of methoxy groups -OCH3 is 1. The molecule has 0 bridgehead atoms. The molecular weight excluding hydrogens is 477 g/mol. The van der Waals surface area contributed by atoms with Crippen molar-refractivity contribution in [3.8, 4) is 5.75 Å². The highest BCUT2D eigenvalue weighted by Gasteiger charge is 2.22. The molecule has 1 aliphatic heterocycles. The average Bonchev–Trinajstić information content (AvgIpc) is 2.68. The van der Waals surface area contributed by atoms with Gasteiger partial charge in [0.15, 0.2) is 5.96 Å². The van der Waals surface area contributed by atoms with Crippen molar-refractivity contribution in [3.05, 3.63) is 29.8 Å². The van der Waals surface area contributed by atoms with Crippen LogP contribution in [0.2, 0.25) is 0 Å². The molecule has 0 aliphatic carbocycles. The van der Waals surface area contributed by atoms with Crippen molar-refractivity contribution in [2.24, 2.45) is 4.99 Å². The molecule has 29 heavy (non-hydrogen) atoms.